The Labute approximate surface area is 90.3 Å². The molecule has 0 aliphatic carbocycles. The Morgan fingerprint density at radius 2 is 2.07 bits per heavy atom. The van der Waals surface area contributed by atoms with Gasteiger partial charge < -0.3 is 10.5 Å². The minimum absolute atomic E-state index is 0.393. The van der Waals surface area contributed by atoms with Crippen LogP contribution in [0, 0.1) is 0 Å². The van der Waals surface area contributed by atoms with Gasteiger partial charge in [0.1, 0.15) is 11.6 Å². The molecular weight excluding hydrogens is 202 g/mol. The standard InChI is InChI=1S/C10H18ClNO2/c1-7(6-11)5-8(12)9(13)14-10(2,3)4/h6,8H,5,12H2,1-4H3. The number of carbonyl (C=O) groups excluding carboxylic acids is 1. The molecule has 0 aromatic carbocycles. The highest BCUT2D eigenvalue weighted by atomic mass is 35.5. The van der Waals surface area contributed by atoms with E-state index in [0.29, 0.717) is 6.42 Å². The Bertz CT molecular complexity index is 231. The van der Waals surface area contributed by atoms with Gasteiger partial charge in [-0.3, -0.25) is 4.79 Å². The Balaban J connectivity index is 4.14. The normalized spacial score (nSPS) is 15.1. The highest BCUT2D eigenvalue weighted by molar-refractivity contribution is 6.25. The average Bonchev–Trinajstić information content (AvgIpc) is 2.00. The SMILES string of the molecule is CC(=CCl)CC(N)C(=O)OC(C)(C)C. The van der Waals surface area contributed by atoms with Gasteiger partial charge in [0.05, 0.1) is 0 Å². The van der Waals surface area contributed by atoms with Crippen LogP contribution in [0.15, 0.2) is 11.1 Å². The van der Waals surface area contributed by atoms with Crippen molar-refractivity contribution in [3.05, 3.63) is 11.1 Å². The molecule has 0 aromatic heterocycles. The summed E-state index contributed by atoms with van der Waals surface area (Å²) in [6.45, 7) is 7.24. The van der Waals surface area contributed by atoms with Gasteiger partial charge in [0.25, 0.3) is 0 Å². The Morgan fingerprint density at radius 3 is 2.43 bits per heavy atom. The smallest absolute Gasteiger partial charge is 0.323 e. The van der Waals surface area contributed by atoms with Crippen LogP contribution in [-0.2, 0) is 9.53 Å². The van der Waals surface area contributed by atoms with E-state index in [-0.39, 0.29) is 0 Å². The molecule has 3 nitrogen and oxygen atoms in total. The summed E-state index contributed by atoms with van der Waals surface area (Å²) < 4.78 is 5.11. The van der Waals surface area contributed by atoms with E-state index in [1.54, 1.807) is 0 Å². The van der Waals surface area contributed by atoms with Crippen LogP contribution in [0.2, 0.25) is 0 Å². The topological polar surface area (TPSA) is 52.3 Å². The molecule has 0 aliphatic rings. The third kappa shape index (κ3) is 6.00. The largest absolute Gasteiger partial charge is 0.459 e. The Hall–Kier alpha value is -0.540. The molecule has 2 N–H and O–H groups in total. The second-order valence-corrected chi connectivity index (χ2v) is 4.52. The summed E-state index contributed by atoms with van der Waals surface area (Å²) in [6, 6.07) is -0.635. The van der Waals surface area contributed by atoms with Crippen LogP contribution >= 0.6 is 11.6 Å². The summed E-state index contributed by atoms with van der Waals surface area (Å²) >= 11 is 5.46. The van der Waals surface area contributed by atoms with Crippen molar-refractivity contribution in [3.8, 4) is 0 Å². The second kappa shape index (κ2) is 5.37. The molecule has 0 heterocycles. The lowest BCUT2D eigenvalue weighted by Gasteiger charge is -2.22. The van der Waals surface area contributed by atoms with Gasteiger partial charge in [0, 0.05) is 5.54 Å². The monoisotopic (exact) mass is 219 g/mol. The summed E-state index contributed by atoms with van der Waals surface area (Å²) in [6.07, 6.45) is 0.429. The van der Waals surface area contributed by atoms with Crippen LogP contribution in [0.3, 0.4) is 0 Å². The minimum Gasteiger partial charge on any atom is -0.459 e. The number of nitrogens with two attached hydrogens (primary N) is 1. The van der Waals surface area contributed by atoms with Crippen LogP contribution in [0.1, 0.15) is 34.1 Å². The summed E-state index contributed by atoms with van der Waals surface area (Å²) in [4.78, 5) is 11.4. The van der Waals surface area contributed by atoms with Crippen molar-refractivity contribution in [2.24, 2.45) is 5.73 Å². The zero-order valence-electron chi connectivity index (χ0n) is 9.13. The molecule has 0 rings (SSSR count). The lowest BCUT2D eigenvalue weighted by molar-refractivity contribution is -0.156. The molecule has 0 radical (unpaired) electrons. The quantitative estimate of drug-likeness (QED) is 0.741. The molecule has 0 saturated heterocycles. The minimum atomic E-state index is -0.635. The number of esters is 1. The Kier molecular flexibility index (Phi) is 5.16. The molecule has 14 heavy (non-hydrogen) atoms. The zero-order chi connectivity index (χ0) is 11.4. The summed E-state index contributed by atoms with van der Waals surface area (Å²) in [5, 5.41) is 0. The maximum Gasteiger partial charge on any atom is 0.323 e. The van der Waals surface area contributed by atoms with Gasteiger partial charge in [0.15, 0.2) is 0 Å². The molecule has 0 spiro atoms. The van der Waals surface area contributed by atoms with Crippen LogP contribution in [0.5, 0.6) is 0 Å². The third-order valence-corrected chi connectivity index (χ3v) is 1.81. The molecule has 4 heteroatoms. The van der Waals surface area contributed by atoms with Gasteiger partial charge in [-0.05, 0) is 34.1 Å². The van der Waals surface area contributed by atoms with Crippen LogP contribution < -0.4 is 5.73 Å². The maximum atomic E-state index is 11.4. The zero-order valence-corrected chi connectivity index (χ0v) is 9.89. The van der Waals surface area contributed by atoms with E-state index >= 15 is 0 Å². The van der Waals surface area contributed by atoms with Crippen molar-refractivity contribution >= 4 is 17.6 Å². The van der Waals surface area contributed by atoms with E-state index in [1.165, 1.54) is 5.54 Å². The highest BCUT2D eigenvalue weighted by Gasteiger charge is 2.21. The van der Waals surface area contributed by atoms with Gasteiger partial charge in [-0.1, -0.05) is 17.2 Å². The van der Waals surface area contributed by atoms with Crippen molar-refractivity contribution in [2.75, 3.05) is 0 Å². The molecule has 0 aromatic rings. The number of carbonyl (C=O) groups is 1. The van der Waals surface area contributed by atoms with Gasteiger partial charge in [0.2, 0.25) is 0 Å². The van der Waals surface area contributed by atoms with E-state index < -0.39 is 17.6 Å². The van der Waals surface area contributed by atoms with E-state index in [0.717, 1.165) is 5.57 Å². The summed E-state index contributed by atoms with van der Waals surface area (Å²) in [7, 11) is 0. The number of halogens is 1. The number of hydrogen-bond donors (Lipinski definition) is 1. The van der Waals surface area contributed by atoms with Crippen molar-refractivity contribution in [1.82, 2.24) is 0 Å². The molecule has 0 saturated carbocycles. The molecule has 0 aliphatic heterocycles. The van der Waals surface area contributed by atoms with Crippen molar-refractivity contribution in [3.63, 3.8) is 0 Å². The first kappa shape index (κ1) is 13.5. The second-order valence-electron chi connectivity index (χ2n) is 4.30. The predicted molar refractivity (Wildman–Crippen MR) is 58.0 cm³/mol. The van der Waals surface area contributed by atoms with Crippen molar-refractivity contribution < 1.29 is 9.53 Å². The van der Waals surface area contributed by atoms with Gasteiger partial charge >= 0.3 is 5.97 Å². The molecular formula is C10H18ClNO2. The molecule has 0 fully saturated rings. The van der Waals surface area contributed by atoms with Crippen LogP contribution in [0.4, 0.5) is 0 Å². The molecule has 82 valence electrons. The predicted octanol–water partition coefficient (Wildman–Crippen LogP) is 2.19. The van der Waals surface area contributed by atoms with E-state index in [2.05, 4.69) is 0 Å². The molecule has 0 bridgehead atoms. The first-order valence-corrected chi connectivity index (χ1v) is 4.94. The fourth-order valence-corrected chi connectivity index (χ4v) is 0.941. The number of hydrogen-bond acceptors (Lipinski definition) is 3. The molecule has 1 unspecified atom stereocenters. The lowest BCUT2D eigenvalue weighted by atomic mass is 10.1. The third-order valence-electron chi connectivity index (χ3n) is 1.44. The highest BCUT2D eigenvalue weighted by Crippen LogP contribution is 2.11. The Morgan fingerprint density at radius 1 is 1.57 bits per heavy atom. The maximum absolute atomic E-state index is 11.4. The molecule has 1 atom stereocenters. The van der Waals surface area contributed by atoms with E-state index in [1.807, 2.05) is 27.7 Å². The fourth-order valence-electron chi connectivity index (χ4n) is 0.852. The first-order chi connectivity index (χ1) is 6.26. The van der Waals surface area contributed by atoms with Gasteiger partial charge in [-0.2, -0.15) is 0 Å². The van der Waals surface area contributed by atoms with Crippen molar-refractivity contribution in [2.45, 2.75) is 45.8 Å². The number of ether oxygens (including phenoxy) is 1. The van der Waals surface area contributed by atoms with E-state index in [4.69, 9.17) is 22.1 Å². The average molecular weight is 220 g/mol. The lowest BCUT2D eigenvalue weighted by Crippen LogP contribution is -2.37. The van der Waals surface area contributed by atoms with Crippen LogP contribution in [-0.4, -0.2) is 17.6 Å². The van der Waals surface area contributed by atoms with Gasteiger partial charge in [-0.25, -0.2) is 0 Å². The van der Waals surface area contributed by atoms with Crippen molar-refractivity contribution in [1.29, 1.82) is 0 Å². The molecule has 0 amide bonds. The van der Waals surface area contributed by atoms with E-state index in [9.17, 15) is 4.79 Å². The fraction of sp³-hybridized carbons (Fsp3) is 0.700. The summed E-state index contributed by atoms with van der Waals surface area (Å²) in [5.74, 6) is -0.393. The first-order valence-electron chi connectivity index (χ1n) is 4.50. The van der Waals surface area contributed by atoms with Gasteiger partial charge in [-0.15, -0.1) is 0 Å². The van der Waals surface area contributed by atoms with Crippen LogP contribution in [0.25, 0.3) is 0 Å². The summed E-state index contributed by atoms with van der Waals surface area (Å²) in [5.41, 5.74) is 7.42. The number of rotatable bonds is 3.